The summed E-state index contributed by atoms with van der Waals surface area (Å²) in [5.74, 6) is 0. The molecular formula is C10H14N. The van der Waals surface area contributed by atoms with Crippen molar-refractivity contribution in [2.24, 2.45) is 0 Å². The SMILES string of the molecule is CCCC[CH]c1cccnc1. The quantitative estimate of drug-likeness (QED) is 0.598. The van der Waals surface area contributed by atoms with Crippen molar-refractivity contribution in [1.29, 1.82) is 0 Å². The van der Waals surface area contributed by atoms with Crippen molar-refractivity contribution >= 4 is 0 Å². The molecule has 0 bridgehead atoms. The highest BCUT2D eigenvalue weighted by molar-refractivity contribution is 5.17. The lowest BCUT2D eigenvalue weighted by Gasteiger charge is -1.97. The summed E-state index contributed by atoms with van der Waals surface area (Å²) in [6.07, 6.45) is 9.64. The Balaban J connectivity index is 2.28. The Labute approximate surface area is 68.5 Å². The highest BCUT2D eigenvalue weighted by atomic mass is 14.6. The van der Waals surface area contributed by atoms with Crippen LogP contribution in [0.2, 0.25) is 0 Å². The van der Waals surface area contributed by atoms with Crippen LogP contribution in [0.3, 0.4) is 0 Å². The molecule has 1 aromatic heterocycles. The number of unbranched alkanes of at least 4 members (excludes halogenated alkanes) is 2. The van der Waals surface area contributed by atoms with Crippen molar-refractivity contribution in [2.75, 3.05) is 0 Å². The van der Waals surface area contributed by atoms with Gasteiger partial charge in [-0.1, -0.05) is 25.8 Å². The molecule has 0 aliphatic rings. The largest absolute Gasteiger partial charge is 0.264 e. The molecule has 0 saturated heterocycles. The van der Waals surface area contributed by atoms with Crippen LogP contribution >= 0.6 is 0 Å². The molecule has 0 amide bonds. The Morgan fingerprint density at radius 3 is 3.09 bits per heavy atom. The average Bonchev–Trinajstić information content (AvgIpc) is 2.07. The van der Waals surface area contributed by atoms with Crippen molar-refractivity contribution in [3.05, 3.63) is 36.5 Å². The molecule has 1 aromatic rings. The molecule has 0 aliphatic heterocycles. The maximum absolute atomic E-state index is 4.03. The molecule has 0 N–H and O–H groups in total. The summed E-state index contributed by atoms with van der Waals surface area (Å²) in [6.45, 7) is 2.21. The van der Waals surface area contributed by atoms with Gasteiger partial charge < -0.3 is 0 Å². The smallest absolute Gasteiger partial charge is 0.0302 e. The van der Waals surface area contributed by atoms with Crippen LogP contribution in [0.25, 0.3) is 0 Å². The molecule has 11 heavy (non-hydrogen) atoms. The van der Waals surface area contributed by atoms with E-state index in [1.165, 1.54) is 24.8 Å². The summed E-state index contributed by atoms with van der Waals surface area (Å²) in [5.41, 5.74) is 1.24. The highest BCUT2D eigenvalue weighted by Gasteiger charge is 1.90. The fourth-order valence-corrected chi connectivity index (χ4v) is 0.970. The maximum Gasteiger partial charge on any atom is 0.0302 e. The Morgan fingerprint density at radius 2 is 2.45 bits per heavy atom. The molecule has 1 radical (unpaired) electrons. The monoisotopic (exact) mass is 148 g/mol. The number of pyridine rings is 1. The van der Waals surface area contributed by atoms with Crippen LogP contribution in [-0.2, 0) is 0 Å². The van der Waals surface area contributed by atoms with Crippen LogP contribution in [0.15, 0.2) is 24.5 Å². The molecule has 1 heterocycles. The predicted octanol–water partition coefficient (Wildman–Crippen LogP) is 2.82. The molecular weight excluding hydrogens is 134 g/mol. The molecule has 0 spiro atoms. The minimum absolute atomic E-state index is 1.17. The van der Waals surface area contributed by atoms with E-state index in [0.29, 0.717) is 0 Å². The van der Waals surface area contributed by atoms with Gasteiger partial charge in [-0.3, -0.25) is 4.98 Å². The number of rotatable bonds is 4. The summed E-state index contributed by atoms with van der Waals surface area (Å²) in [7, 11) is 0. The normalized spacial score (nSPS) is 9.91. The van der Waals surface area contributed by atoms with Crippen LogP contribution in [0.1, 0.15) is 31.7 Å². The minimum atomic E-state index is 1.17. The van der Waals surface area contributed by atoms with E-state index >= 15 is 0 Å². The van der Waals surface area contributed by atoms with E-state index in [2.05, 4.69) is 24.4 Å². The maximum atomic E-state index is 4.03. The van der Waals surface area contributed by atoms with E-state index in [1.807, 2.05) is 12.3 Å². The number of nitrogens with zero attached hydrogens (tertiary/aromatic N) is 1. The molecule has 0 unspecified atom stereocenters. The van der Waals surface area contributed by atoms with E-state index < -0.39 is 0 Å². The van der Waals surface area contributed by atoms with Crippen LogP contribution in [0.4, 0.5) is 0 Å². The molecule has 59 valence electrons. The first kappa shape index (κ1) is 8.25. The predicted molar refractivity (Wildman–Crippen MR) is 47.2 cm³/mol. The first-order valence-corrected chi connectivity index (χ1v) is 4.16. The Bertz CT molecular complexity index is 181. The summed E-state index contributed by atoms with van der Waals surface area (Å²) >= 11 is 0. The third-order valence-corrected chi connectivity index (χ3v) is 1.62. The topological polar surface area (TPSA) is 12.9 Å². The highest BCUT2D eigenvalue weighted by Crippen LogP contribution is 2.06. The van der Waals surface area contributed by atoms with Gasteiger partial charge in [0.05, 0.1) is 0 Å². The lowest BCUT2D eigenvalue weighted by Crippen LogP contribution is -1.82. The van der Waals surface area contributed by atoms with Crippen molar-refractivity contribution < 1.29 is 0 Å². The van der Waals surface area contributed by atoms with Crippen molar-refractivity contribution in [2.45, 2.75) is 26.2 Å². The molecule has 0 fully saturated rings. The zero-order valence-corrected chi connectivity index (χ0v) is 6.96. The Kier molecular flexibility index (Phi) is 3.67. The zero-order chi connectivity index (χ0) is 7.94. The standard InChI is InChI=1S/C10H14N/c1-2-3-4-6-10-7-5-8-11-9-10/h5-9H,2-4H2,1H3. The summed E-state index contributed by atoms with van der Waals surface area (Å²) in [4.78, 5) is 4.03. The molecule has 0 aliphatic carbocycles. The van der Waals surface area contributed by atoms with Gasteiger partial charge >= 0.3 is 0 Å². The van der Waals surface area contributed by atoms with Crippen LogP contribution in [-0.4, -0.2) is 4.98 Å². The van der Waals surface area contributed by atoms with E-state index in [4.69, 9.17) is 0 Å². The van der Waals surface area contributed by atoms with Gasteiger partial charge in [-0.05, 0) is 24.5 Å². The van der Waals surface area contributed by atoms with Gasteiger partial charge in [0.2, 0.25) is 0 Å². The van der Waals surface area contributed by atoms with Gasteiger partial charge in [0.15, 0.2) is 0 Å². The van der Waals surface area contributed by atoms with E-state index in [-0.39, 0.29) is 0 Å². The Hall–Kier alpha value is -0.850. The summed E-state index contributed by atoms with van der Waals surface area (Å²) in [6, 6.07) is 4.06. The number of aromatic nitrogens is 1. The lowest BCUT2D eigenvalue weighted by atomic mass is 10.1. The fourth-order valence-electron chi connectivity index (χ4n) is 0.970. The van der Waals surface area contributed by atoms with Gasteiger partial charge in [0.25, 0.3) is 0 Å². The van der Waals surface area contributed by atoms with E-state index in [1.54, 1.807) is 6.20 Å². The molecule has 0 saturated carbocycles. The second-order valence-electron chi connectivity index (χ2n) is 2.63. The molecule has 1 heteroatoms. The van der Waals surface area contributed by atoms with Crippen LogP contribution in [0.5, 0.6) is 0 Å². The number of hydrogen-bond donors (Lipinski definition) is 0. The van der Waals surface area contributed by atoms with Crippen molar-refractivity contribution in [1.82, 2.24) is 4.98 Å². The zero-order valence-electron chi connectivity index (χ0n) is 6.96. The van der Waals surface area contributed by atoms with Gasteiger partial charge in [-0.25, -0.2) is 0 Å². The van der Waals surface area contributed by atoms with Crippen molar-refractivity contribution in [3.63, 3.8) is 0 Å². The third-order valence-electron chi connectivity index (χ3n) is 1.62. The van der Waals surface area contributed by atoms with Crippen LogP contribution < -0.4 is 0 Å². The molecule has 1 rings (SSSR count). The van der Waals surface area contributed by atoms with E-state index in [0.717, 1.165) is 0 Å². The average molecular weight is 148 g/mol. The third kappa shape index (κ3) is 3.17. The van der Waals surface area contributed by atoms with Gasteiger partial charge in [-0.15, -0.1) is 0 Å². The molecule has 1 nitrogen and oxygen atoms in total. The fraction of sp³-hybridized carbons (Fsp3) is 0.400. The minimum Gasteiger partial charge on any atom is -0.264 e. The first-order chi connectivity index (χ1) is 5.43. The lowest BCUT2D eigenvalue weighted by molar-refractivity contribution is 0.790. The second-order valence-corrected chi connectivity index (χ2v) is 2.63. The van der Waals surface area contributed by atoms with E-state index in [9.17, 15) is 0 Å². The van der Waals surface area contributed by atoms with Crippen LogP contribution in [0, 0.1) is 6.42 Å². The Morgan fingerprint density at radius 1 is 1.55 bits per heavy atom. The second kappa shape index (κ2) is 4.89. The first-order valence-electron chi connectivity index (χ1n) is 4.16. The van der Waals surface area contributed by atoms with Gasteiger partial charge in [0, 0.05) is 12.4 Å². The van der Waals surface area contributed by atoms with Crippen molar-refractivity contribution in [3.8, 4) is 0 Å². The number of hydrogen-bond acceptors (Lipinski definition) is 1. The summed E-state index contributed by atoms with van der Waals surface area (Å²) in [5, 5.41) is 0. The molecule has 0 aromatic carbocycles. The summed E-state index contributed by atoms with van der Waals surface area (Å²) < 4.78 is 0. The molecule has 0 atom stereocenters. The van der Waals surface area contributed by atoms with Gasteiger partial charge in [-0.2, -0.15) is 0 Å². The van der Waals surface area contributed by atoms with Gasteiger partial charge in [0.1, 0.15) is 0 Å².